The highest BCUT2D eigenvalue weighted by atomic mass is 32.2. The van der Waals surface area contributed by atoms with E-state index >= 15 is 0 Å². The van der Waals surface area contributed by atoms with Gasteiger partial charge in [-0.3, -0.25) is 0 Å². The van der Waals surface area contributed by atoms with Crippen molar-refractivity contribution >= 4 is 10.0 Å². The van der Waals surface area contributed by atoms with Crippen molar-refractivity contribution in [3.05, 3.63) is 23.3 Å². The van der Waals surface area contributed by atoms with Gasteiger partial charge < -0.3 is 9.84 Å². The van der Waals surface area contributed by atoms with Crippen LogP contribution in [-0.4, -0.2) is 44.1 Å². The molecule has 1 atom stereocenters. The Balaban J connectivity index is 2.50. The van der Waals surface area contributed by atoms with Crippen LogP contribution in [0.3, 0.4) is 0 Å². The molecule has 0 radical (unpaired) electrons. The molecule has 6 heteroatoms. The van der Waals surface area contributed by atoms with Crippen molar-refractivity contribution in [3.63, 3.8) is 0 Å². The van der Waals surface area contributed by atoms with Gasteiger partial charge >= 0.3 is 0 Å². The van der Waals surface area contributed by atoms with Gasteiger partial charge in [0.2, 0.25) is 10.0 Å². The summed E-state index contributed by atoms with van der Waals surface area (Å²) < 4.78 is 32.2. The summed E-state index contributed by atoms with van der Waals surface area (Å²) in [5.74, 6) is 0.652. The number of aliphatic hydroxyl groups excluding tert-OH is 1. The molecule has 5 nitrogen and oxygen atoms in total. The number of aryl methyl sites for hydroxylation is 2. The Kier molecular flexibility index (Phi) is 4.36. The smallest absolute Gasteiger partial charge is 0.243 e. The average Bonchev–Trinajstić information content (AvgIpc) is 2.86. The number of nitrogens with zero attached hydrogens (tertiary/aromatic N) is 1. The van der Waals surface area contributed by atoms with Crippen molar-refractivity contribution in [1.29, 1.82) is 0 Å². The maximum atomic E-state index is 12.8. The number of hydrogen-bond acceptors (Lipinski definition) is 4. The van der Waals surface area contributed by atoms with E-state index in [1.807, 2.05) is 0 Å². The van der Waals surface area contributed by atoms with Gasteiger partial charge in [0.15, 0.2) is 0 Å². The summed E-state index contributed by atoms with van der Waals surface area (Å²) in [5.41, 5.74) is 1.34. The minimum atomic E-state index is -3.57. The van der Waals surface area contributed by atoms with Crippen molar-refractivity contribution < 1.29 is 18.3 Å². The molecule has 1 aromatic carbocycles. The first-order valence-electron chi connectivity index (χ1n) is 6.69. The van der Waals surface area contributed by atoms with Crippen LogP contribution in [0.25, 0.3) is 0 Å². The molecule has 0 amide bonds. The molecule has 1 fully saturated rings. The first-order valence-corrected chi connectivity index (χ1v) is 8.13. The van der Waals surface area contributed by atoms with Gasteiger partial charge in [0.25, 0.3) is 0 Å². The fourth-order valence-corrected chi connectivity index (χ4v) is 4.96. The van der Waals surface area contributed by atoms with E-state index in [0.29, 0.717) is 34.7 Å². The molecule has 0 aliphatic carbocycles. The first kappa shape index (κ1) is 15.3. The zero-order chi connectivity index (χ0) is 14.9. The molecule has 1 heterocycles. The van der Waals surface area contributed by atoms with Crippen LogP contribution in [-0.2, 0) is 10.0 Å². The highest BCUT2D eigenvalue weighted by Crippen LogP contribution is 2.31. The number of rotatable bonds is 4. The molecule has 1 unspecified atom stereocenters. The van der Waals surface area contributed by atoms with E-state index in [0.717, 1.165) is 6.42 Å². The summed E-state index contributed by atoms with van der Waals surface area (Å²) >= 11 is 0. The Hall–Kier alpha value is -1.11. The lowest BCUT2D eigenvalue weighted by atomic mass is 10.1. The van der Waals surface area contributed by atoms with E-state index in [1.165, 1.54) is 4.31 Å². The summed E-state index contributed by atoms with van der Waals surface area (Å²) in [6.07, 6.45) is 1.50. The lowest BCUT2D eigenvalue weighted by molar-refractivity contribution is 0.213. The number of ether oxygens (including phenoxy) is 1. The minimum absolute atomic E-state index is 0.131. The maximum absolute atomic E-state index is 12.8. The monoisotopic (exact) mass is 299 g/mol. The Labute approximate surface area is 120 Å². The minimum Gasteiger partial charge on any atom is -0.497 e. The number of benzene rings is 1. The van der Waals surface area contributed by atoms with Crippen molar-refractivity contribution in [2.45, 2.75) is 37.6 Å². The van der Waals surface area contributed by atoms with Crippen LogP contribution in [0.4, 0.5) is 0 Å². The fourth-order valence-electron chi connectivity index (χ4n) is 2.86. The average molecular weight is 299 g/mol. The third-order valence-corrected chi connectivity index (χ3v) is 6.03. The fraction of sp³-hybridized carbons (Fsp3) is 0.571. The third kappa shape index (κ3) is 2.55. The van der Waals surface area contributed by atoms with Gasteiger partial charge in [-0.15, -0.1) is 0 Å². The predicted octanol–water partition coefficient (Wildman–Crippen LogP) is 1.46. The molecule has 0 saturated carbocycles. The summed E-state index contributed by atoms with van der Waals surface area (Å²) in [6, 6.07) is 3.15. The molecule has 1 saturated heterocycles. The van der Waals surface area contributed by atoms with Crippen LogP contribution in [0.1, 0.15) is 24.0 Å². The van der Waals surface area contributed by atoms with Crippen LogP contribution in [0.2, 0.25) is 0 Å². The second-order valence-corrected chi connectivity index (χ2v) is 7.01. The number of sulfonamides is 1. The van der Waals surface area contributed by atoms with Crippen LogP contribution >= 0.6 is 0 Å². The van der Waals surface area contributed by atoms with E-state index in [-0.39, 0.29) is 12.6 Å². The topological polar surface area (TPSA) is 66.8 Å². The van der Waals surface area contributed by atoms with E-state index in [9.17, 15) is 13.5 Å². The molecule has 1 N–H and O–H groups in total. The normalized spacial score (nSPS) is 20.3. The van der Waals surface area contributed by atoms with Gasteiger partial charge in [-0.25, -0.2) is 8.42 Å². The number of aliphatic hydroxyl groups is 1. The maximum Gasteiger partial charge on any atom is 0.243 e. The SMILES string of the molecule is COc1cc(C)c(S(=O)(=O)N2CCCC2CO)c(C)c1. The molecule has 0 bridgehead atoms. The number of methoxy groups -OCH3 is 1. The molecule has 1 aliphatic heterocycles. The van der Waals surface area contributed by atoms with Crippen molar-refractivity contribution in [2.24, 2.45) is 0 Å². The quantitative estimate of drug-likeness (QED) is 0.914. The number of hydrogen-bond donors (Lipinski definition) is 1. The van der Waals surface area contributed by atoms with E-state index in [1.54, 1.807) is 33.1 Å². The largest absolute Gasteiger partial charge is 0.497 e. The molecule has 2 rings (SSSR count). The molecule has 1 aliphatic rings. The lowest BCUT2D eigenvalue weighted by Crippen LogP contribution is -2.38. The van der Waals surface area contributed by atoms with E-state index < -0.39 is 10.0 Å². The zero-order valence-electron chi connectivity index (χ0n) is 12.1. The third-order valence-electron chi connectivity index (χ3n) is 3.77. The van der Waals surface area contributed by atoms with Gasteiger partial charge in [-0.1, -0.05) is 0 Å². The molecule has 20 heavy (non-hydrogen) atoms. The summed E-state index contributed by atoms with van der Waals surface area (Å²) in [6.45, 7) is 3.88. The van der Waals surface area contributed by atoms with Crippen molar-refractivity contribution in [2.75, 3.05) is 20.3 Å². The van der Waals surface area contributed by atoms with Crippen molar-refractivity contribution in [3.8, 4) is 5.75 Å². The lowest BCUT2D eigenvalue weighted by Gasteiger charge is -2.24. The Morgan fingerprint density at radius 1 is 1.35 bits per heavy atom. The molecule has 112 valence electrons. The summed E-state index contributed by atoms with van der Waals surface area (Å²) in [7, 11) is -2.01. The summed E-state index contributed by atoms with van der Waals surface area (Å²) in [5, 5.41) is 9.34. The van der Waals surface area contributed by atoms with Gasteiger partial charge in [-0.2, -0.15) is 4.31 Å². The zero-order valence-corrected chi connectivity index (χ0v) is 12.9. The van der Waals surface area contributed by atoms with E-state index in [4.69, 9.17) is 4.74 Å². The molecule has 1 aromatic rings. The Morgan fingerprint density at radius 2 is 1.95 bits per heavy atom. The second kappa shape index (κ2) is 5.71. The van der Waals surface area contributed by atoms with Gasteiger partial charge in [0.1, 0.15) is 5.75 Å². The Bertz CT molecular complexity index is 574. The standard InChI is InChI=1S/C14H21NO4S/c1-10-7-13(19-3)8-11(2)14(10)20(17,18)15-6-4-5-12(15)9-16/h7-8,12,16H,4-6,9H2,1-3H3. The van der Waals surface area contributed by atoms with Crippen LogP contribution < -0.4 is 4.74 Å². The van der Waals surface area contributed by atoms with Gasteiger partial charge in [-0.05, 0) is 49.9 Å². The molecule has 0 aromatic heterocycles. The first-order chi connectivity index (χ1) is 9.41. The highest BCUT2D eigenvalue weighted by molar-refractivity contribution is 7.89. The highest BCUT2D eigenvalue weighted by Gasteiger charge is 2.36. The Morgan fingerprint density at radius 3 is 2.45 bits per heavy atom. The van der Waals surface area contributed by atoms with Crippen LogP contribution in [0.15, 0.2) is 17.0 Å². The molecule has 0 spiro atoms. The van der Waals surface area contributed by atoms with Gasteiger partial charge in [0, 0.05) is 12.6 Å². The van der Waals surface area contributed by atoms with Gasteiger partial charge in [0.05, 0.1) is 18.6 Å². The van der Waals surface area contributed by atoms with Crippen LogP contribution in [0.5, 0.6) is 5.75 Å². The molecular formula is C14H21NO4S. The molecular weight excluding hydrogens is 278 g/mol. The second-order valence-electron chi connectivity index (χ2n) is 5.18. The van der Waals surface area contributed by atoms with Crippen molar-refractivity contribution in [1.82, 2.24) is 4.31 Å². The predicted molar refractivity (Wildman–Crippen MR) is 76.5 cm³/mol. The van der Waals surface area contributed by atoms with Crippen LogP contribution in [0, 0.1) is 13.8 Å². The van der Waals surface area contributed by atoms with E-state index in [2.05, 4.69) is 0 Å². The summed E-state index contributed by atoms with van der Waals surface area (Å²) in [4.78, 5) is 0.332.